The van der Waals surface area contributed by atoms with Crippen molar-refractivity contribution in [1.29, 1.82) is 0 Å². The molecule has 0 spiro atoms. The molecule has 0 aromatic heterocycles. The van der Waals surface area contributed by atoms with Gasteiger partial charge in [-0.25, -0.2) is 0 Å². The average Bonchev–Trinajstić information content (AvgIpc) is 3.16. The lowest BCUT2D eigenvalue weighted by atomic mass is 10.0. The fourth-order valence-corrected chi connectivity index (χ4v) is 2.31. The summed E-state index contributed by atoms with van der Waals surface area (Å²) in [6, 6.07) is 4.21. The Labute approximate surface area is 117 Å². The van der Waals surface area contributed by atoms with Gasteiger partial charge in [-0.05, 0) is 43.2 Å². The number of nitrogens with one attached hydrogen (secondary N) is 1. The summed E-state index contributed by atoms with van der Waals surface area (Å²) in [7, 11) is 0. The number of carbonyl (C=O) groups excluding carboxylic acids is 1. The van der Waals surface area contributed by atoms with Crippen LogP contribution in [0.15, 0.2) is 18.2 Å². The zero-order valence-corrected chi connectivity index (χ0v) is 11.4. The predicted octanol–water partition coefficient (Wildman–Crippen LogP) is 1.80. The van der Waals surface area contributed by atoms with Crippen molar-refractivity contribution in [3.63, 3.8) is 0 Å². The smallest absolute Gasteiger partial charge is 0.269 e. The van der Waals surface area contributed by atoms with Gasteiger partial charge in [0, 0.05) is 30.8 Å². The summed E-state index contributed by atoms with van der Waals surface area (Å²) in [5, 5.41) is 22.5. The van der Waals surface area contributed by atoms with E-state index >= 15 is 0 Å². The van der Waals surface area contributed by atoms with Crippen LogP contribution in [-0.4, -0.2) is 29.1 Å². The molecule has 1 aliphatic rings. The summed E-state index contributed by atoms with van der Waals surface area (Å²) in [6.45, 7) is 2.36. The fraction of sp³-hybridized carbons (Fsp3) is 0.500. The van der Waals surface area contributed by atoms with E-state index in [1.54, 1.807) is 6.92 Å². The van der Waals surface area contributed by atoms with Gasteiger partial charge in [-0.1, -0.05) is 0 Å². The SMILES string of the molecule is Cc1cc([N+](=O)[O-])ccc1C(=O)NCC1(CCO)CC1. The minimum atomic E-state index is -0.477. The van der Waals surface area contributed by atoms with Gasteiger partial charge >= 0.3 is 0 Å². The molecule has 0 saturated heterocycles. The van der Waals surface area contributed by atoms with Gasteiger partial charge in [0.05, 0.1) is 4.92 Å². The van der Waals surface area contributed by atoms with E-state index in [1.807, 2.05) is 0 Å². The molecule has 108 valence electrons. The van der Waals surface area contributed by atoms with E-state index in [9.17, 15) is 14.9 Å². The number of aliphatic hydroxyl groups excluding tert-OH is 1. The molecule has 0 radical (unpaired) electrons. The van der Waals surface area contributed by atoms with Crippen molar-refractivity contribution >= 4 is 11.6 Å². The molecule has 0 atom stereocenters. The highest BCUT2D eigenvalue weighted by atomic mass is 16.6. The number of nitrogens with zero attached hydrogens (tertiary/aromatic N) is 1. The molecule has 2 N–H and O–H groups in total. The van der Waals surface area contributed by atoms with E-state index < -0.39 is 4.92 Å². The van der Waals surface area contributed by atoms with E-state index in [0.717, 1.165) is 12.8 Å². The Morgan fingerprint density at radius 2 is 2.20 bits per heavy atom. The molecule has 1 fully saturated rings. The molecule has 0 aliphatic heterocycles. The number of benzene rings is 1. The van der Waals surface area contributed by atoms with E-state index in [4.69, 9.17) is 5.11 Å². The number of rotatable bonds is 6. The maximum Gasteiger partial charge on any atom is 0.269 e. The van der Waals surface area contributed by atoms with Crippen LogP contribution < -0.4 is 5.32 Å². The Balaban J connectivity index is 2.01. The molecule has 0 heterocycles. The van der Waals surface area contributed by atoms with Crippen LogP contribution in [0.4, 0.5) is 5.69 Å². The molecule has 6 heteroatoms. The molecular formula is C14H18N2O4. The molecule has 6 nitrogen and oxygen atoms in total. The molecule has 1 amide bonds. The lowest BCUT2D eigenvalue weighted by Gasteiger charge is -2.15. The Morgan fingerprint density at radius 1 is 1.50 bits per heavy atom. The zero-order valence-electron chi connectivity index (χ0n) is 11.4. The highest BCUT2D eigenvalue weighted by Crippen LogP contribution is 2.47. The van der Waals surface area contributed by atoms with Gasteiger partial charge in [0.15, 0.2) is 0 Å². The van der Waals surface area contributed by atoms with Crippen LogP contribution >= 0.6 is 0 Å². The number of aliphatic hydroxyl groups is 1. The minimum Gasteiger partial charge on any atom is -0.396 e. The van der Waals surface area contributed by atoms with E-state index in [2.05, 4.69) is 5.32 Å². The minimum absolute atomic E-state index is 0.0157. The Hall–Kier alpha value is -1.95. The normalized spacial score (nSPS) is 15.7. The number of amides is 1. The van der Waals surface area contributed by atoms with E-state index in [-0.39, 0.29) is 23.6 Å². The van der Waals surface area contributed by atoms with Gasteiger partial charge in [0.1, 0.15) is 0 Å². The molecule has 1 saturated carbocycles. The summed E-state index contributed by atoms with van der Waals surface area (Å²) < 4.78 is 0. The highest BCUT2D eigenvalue weighted by Gasteiger charge is 2.41. The lowest BCUT2D eigenvalue weighted by molar-refractivity contribution is -0.384. The Morgan fingerprint density at radius 3 is 2.70 bits per heavy atom. The first kappa shape index (κ1) is 14.5. The van der Waals surface area contributed by atoms with E-state index in [0.29, 0.717) is 24.1 Å². The molecule has 20 heavy (non-hydrogen) atoms. The van der Waals surface area contributed by atoms with Crippen molar-refractivity contribution < 1.29 is 14.8 Å². The van der Waals surface area contributed by atoms with Crippen LogP contribution in [0.25, 0.3) is 0 Å². The fourth-order valence-electron chi connectivity index (χ4n) is 2.31. The molecule has 0 unspecified atom stereocenters. The largest absolute Gasteiger partial charge is 0.396 e. The van der Waals surface area contributed by atoms with Crippen molar-refractivity contribution in [3.05, 3.63) is 39.4 Å². The van der Waals surface area contributed by atoms with Crippen molar-refractivity contribution in [1.82, 2.24) is 5.32 Å². The summed E-state index contributed by atoms with van der Waals surface area (Å²) in [5.41, 5.74) is 1.08. The number of nitro benzene ring substituents is 1. The van der Waals surface area contributed by atoms with Crippen LogP contribution in [-0.2, 0) is 0 Å². The second-order valence-corrected chi connectivity index (χ2v) is 5.41. The average molecular weight is 278 g/mol. The second kappa shape index (κ2) is 5.58. The van der Waals surface area contributed by atoms with Crippen LogP contribution in [0, 0.1) is 22.5 Å². The van der Waals surface area contributed by atoms with Crippen LogP contribution in [0.2, 0.25) is 0 Å². The van der Waals surface area contributed by atoms with Crippen molar-refractivity contribution in [3.8, 4) is 0 Å². The molecule has 1 aromatic rings. The number of hydrogen-bond acceptors (Lipinski definition) is 4. The molecule has 1 aliphatic carbocycles. The quantitative estimate of drug-likeness (QED) is 0.613. The first-order valence-electron chi connectivity index (χ1n) is 6.61. The number of non-ortho nitro benzene ring substituents is 1. The number of aryl methyl sites for hydroxylation is 1. The lowest BCUT2D eigenvalue weighted by Crippen LogP contribution is -2.31. The van der Waals surface area contributed by atoms with Gasteiger partial charge in [0.2, 0.25) is 0 Å². The van der Waals surface area contributed by atoms with Crippen LogP contribution in [0.1, 0.15) is 35.2 Å². The second-order valence-electron chi connectivity index (χ2n) is 5.41. The third-order valence-corrected chi connectivity index (χ3v) is 3.89. The van der Waals surface area contributed by atoms with E-state index in [1.165, 1.54) is 18.2 Å². The maximum absolute atomic E-state index is 12.1. The molecule has 0 bridgehead atoms. The van der Waals surface area contributed by atoms with Crippen molar-refractivity contribution in [2.75, 3.05) is 13.2 Å². The van der Waals surface area contributed by atoms with Gasteiger partial charge < -0.3 is 10.4 Å². The van der Waals surface area contributed by atoms with Crippen LogP contribution in [0.5, 0.6) is 0 Å². The Kier molecular flexibility index (Phi) is 4.04. The van der Waals surface area contributed by atoms with Crippen molar-refractivity contribution in [2.45, 2.75) is 26.2 Å². The first-order valence-corrected chi connectivity index (χ1v) is 6.61. The highest BCUT2D eigenvalue weighted by molar-refractivity contribution is 5.95. The summed E-state index contributed by atoms with van der Waals surface area (Å²) in [5.74, 6) is -0.221. The standard InChI is InChI=1S/C14H18N2O4/c1-10-8-11(16(19)20)2-3-12(10)13(18)15-9-14(4-5-14)6-7-17/h2-3,8,17H,4-7,9H2,1H3,(H,15,18). The predicted molar refractivity (Wildman–Crippen MR) is 73.5 cm³/mol. The van der Waals surface area contributed by atoms with Gasteiger partial charge in [-0.3, -0.25) is 14.9 Å². The topological polar surface area (TPSA) is 92.5 Å². The van der Waals surface area contributed by atoms with Gasteiger partial charge in [-0.15, -0.1) is 0 Å². The van der Waals surface area contributed by atoms with Crippen molar-refractivity contribution in [2.24, 2.45) is 5.41 Å². The monoisotopic (exact) mass is 278 g/mol. The molecule has 1 aromatic carbocycles. The Bertz CT molecular complexity index is 538. The third-order valence-electron chi connectivity index (χ3n) is 3.89. The third kappa shape index (κ3) is 3.14. The zero-order chi connectivity index (χ0) is 14.8. The maximum atomic E-state index is 12.1. The first-order chi connectivity index (χ1) is 9.47. The number of hydrogen-bond donors (Lipinski definition) is 2. The summed E-state index contributed by atoms with van der Waals surface area (Å²) in [4.78, 5) is 22.3. The number of carbonyl (C=O) groups is 1. The molecular weight excluding hydrogens is 260 g/mol. The summed E-state index contributed by atoms with van der Waals surface area (Å²) in [6.07, 6.45) is 2.74. The molecule has 2 rings (SSSR count). The van der Waals surface area contributed by atoms with Gasteiger partial charge in [-0.2, -0.15) is 0 Å². The number of nitro groups is 1. The van der Waals surface area contributed by atoms with Crippen LogP contribution in [0.3, 0.4) is 0 Å². The van der Waals surface area contributed by atoms with Gasteiger partial charge in [0.25, 0.3) is 11.6 Å². The summed E-state index contributed by atoms with van der Waals surface area (Å²) >= 11 is 0.